The normalized spacial score (nSPS) is 18.3. The van der Waals surface area contributed by atoms with Crippen molar-refractivity contribution in [2.45, 2.75) is 47.1 Å². The van der Waals surface area contributed by atoms with E-state index in [0.717, 1.165) is 36.6 Å². The van der Waals surface area contributed by atoms with E-state index in [1.165, 1.54) is 0 Å². The molecule has 2 amide bonds. The number of carbonyl (C=O) groups is 1. The Kier molecular flexibility index (Phi) is 6.97. The Hall–Kier alpha value is -1.91. The number of urea groups is 1. The first kappa shape index (κ1) is 19.4. The summed E-state index contributed by atoms with van der Waals surface area (Å²) in [5.41, 5.74) is 1.04. The van der Waals surface area contributed by atoms with Gasteiger partial charge in [-0.05, 0) is 49.8 Å². The number of ether oxygens (including phenoxy) is 2. The number of carbonyl (C=O) groups excluding carboxylic acids is 1. The maximum Gasteiger partial charge on any atom is 0.317 e. The summed E-state index contributed by atoms with van der Waals surface area (Å²) in [4.78, 5) is 14.5. The van der Waals surface area contributed by atoms with Gasteiger partial charge in [0.2, 0.25) is 0 Å². The summed E-state index contributed by atoms with van der Waals surface area (Å²) in [6.07, 6.45) is 1.08. The van der Waals surface area contributed by atoms with E-state index in [-0.39, 0.29) is 18.0 Å². The van der Waals surface area contributed by atoms with Crippen LogP contribution in [0.5, 0.6) is 11.5 Å². The average Bonchev–Trinajstić information content (AvgIpc) is 3.01. The molecule has 2 rings (SSSR count). The van der Waals surface area contributed by atoms with Gasteiger partial charge in [-0.25, -0.2) is 4.79 Å². The largest absolute Gasteiger partial charge is 0.490 e. The van der Waals surface area contributed by atoms with Gasteiger partial charge >= 0.3 is 6.03 Å². The van der Waals surface area contributed by atoms with Gasteiger partial charge in [0.1, 0.15) is 0 Å². The molecule has 1 saturated heterocycles. The third kappa shape index (κ3) is 5.03. The lowest BCUT2D eigenvalue weighted by atomic mass is 9.95. The first-order valence-corrected chi connectivity index (χ1v) is 9.41. The molecule has 0 radical (unpaired) electrons. The lowest BCUT2D eigenvalue weighted by Crippen LogP contribution is -2.41. The molecule has 0 saturated carbocycles. The Morgan fingerprint density at radius 3 is 2.48 bits per heavy atom. The zero-order valence-electron chi connectivity index (χ0n) is 16.2. The van der Waals surface area contributed by atoms with Crippen molar-refractivity contribution in [1.82, 2.24) is 10.2 Å². The summed E-state index contributed by atoms with van der Waals surface area (Å²) in [6.45, 7) is 13.2. The predicted octanol–water partition coefficient (Wildman–Crippen LogP) is 4.23. The molecule has 2 atom stereocenters. The van der Waals surface area contributed by atoms with Gasteiger partial charge in [0, 0.05) is 13.1 Å². The molecule has 5 nitrogen and oxygen atoms in total. The fraction of sp³-hybridized carbons (Fsp3) is 0.650. The van der Waals surface area contributed by atoms with Crippen LogP contribution in [-0.4, -0.2) is 37.2 Å². The molecule has 0 bridgehead atoms. The lowest BCUT2D eigenvalue weighted by Gasteiger charge is -2.27. The second kappa shape index (κ2) is 8.97. The monoisotopic (exact) mass is 348 g/mol. The number of likely N-dealkylation sites (tertiary alicyclic amines) is 1. The molecule has 1 aromatic rings. The van der Waals surface area contributed by atoms with Gasteiger partial charge < -0.3 is 19.7 Å². The maximum absolute atomic E-state index is 12.6. The SMILES string of the molecule is CCOc1ccc(C(NC(=O)N2CCC(C)C2)C(C)C)cc1OCC. The second-order valence-corrected chi connectivity index (χ2v) is 7.08. The number of hydrogen-bond donors (Lipinski definition) is 1. The third-order valence-corrected chi connectivity index (χ3v) is 4.58. The highest BCUT2D eigenvalue weighted by Gasteiger charge is 2.27. The van der Waals surface area contributed by atoms with Crippen molar-refractivity contribution >= 4 is 6.03 Å². The Labute approximate surface area is 151 Å². The van der Waals surface area contributed by atoms with Gasteiger partial charge in [-0.2, -0.15) is 0 Å². The molecule has 2 unspecified atom stereocenters. The van der Waals surface area contributed by atoms with Crippen molar-refractivity contribution in [2.75, 3.05) is 26.3 Å². The summed E-state index contributed by atoms with van der Waals surface area (Å²) >= 11 is 0. The van der Waals surface area contributed by atoms with Gasteiger partial charge in [0.25, 0.3) is 0 Å². The van der Waals surface area contributed by atoms with E-state index in [4.69, 9.17) is 9.47 Å². The summed E-state index contributed by atoms with van der Waals surface area (Å²) in [7, 11) is 0. The molecular weight excluding hydrogens is 316 g/mol. The summed E-state index contributed by atoms with van der Waals surface area (Å²) < 4.78 is 11.4. The van der Waals surface area contributed by atoms with Crippen LogP contribution < -0.4 is 14.8 Å². The van der Waals surface area contributed by atoms with E-state index < -0.39 is 0 Å². The summed E-state index contributed by atoms with van der Waals surface area (Å²) in [5.74, 6) is 2.33. The van der Waals surface area contributed by atoms with Gasteiger partial charge in [-0.1, -0.05) is 26.8 Å². The maximum atomic E-state index is 12.6. The zero-order chi connectivity index (χ0) is 18.4. The van der Waals surface area contributed by atoms with E-state index in [1.54, 1.807) is 0 Å². The van der Waals surface area contributed by atoms with Crippen LogP contribution in [0, 0.1) is 11.8 Å². The smallest absolute Gasteiger partial charge is 0.317 e. The molecule has 140 valence electrons. The van der Waals surface area contributed by atoms with Crippen molar-refractivity contribution in [3.63, 3.8) is 0 Å². The first-order valence-electron chi connectivity index (χ1n) is 9.41. The minimum Gasteiger partial charge on any atom is -0.490 e. The highest BCUT2D eigenvalue weighted by molar-refractivity contribution is 5.75. The van der Waals surface area contributed by atoms with Crippen molar-refractivity contribution in [1.29, 1.82) is 0 Å². The number of rotatable bonds is 7. The van der Waals surface area contributed by atoms with Gasteiger partial charge in [-0.3, -0.25) is 0 Å². The molecular formula is C20H32N2O3. The van der Waals surface area contributed by atoms with Gasteiger partial charge in [0.05, 0.1) is 19.3 Å². The average molecular weight is 348 g/mol. The Morgan fingerprint density at radius 1 is 1.24 bits per heavy atom. The predicted molar refractivity (Wildman–Crippen MR) is 100 cm³/mol. The molecule has 25 heavy (non-hydrogen) atoms. The molecule has 0 aliphatic carbocycles. The van der Waals surface area contributed by atoms with Crippen molar-refractivity contribution in [3.05, 3.63) is 23.8 Å². The topological polar surface area (TPSA) is 50.8 Å². The van der Waals surface area contributed by atoms with E-state index in [1.807, 2.05) is 36.9 Å². The zero-order valence-corrected chi connectivity index (χ0v) is 16.2. The number of nitrogens with one attached hydrogen (secondary N) is 1. The van der Waals surface area contributed by atoms with Crippen LogP contribution >= 0.6 is 0 Å². The minimum atomic E-state index is -0.0571. The lowest BCUT2D eigenvalue weighted by molar-refractivity contribution is 0.199. The van der Waals surface area contributed by atoms with Crippen molar-refractivity contribution in [2.24, 2.45) is 11.8 Å². The van der Waals surface area contributed by atoms with Crippen LogP contribution in [0.4, 0.5) is 4.79 Å². The second-order valence-electron chi connectivity index (χ2n) is 7.08. The quantitative estimate of drug-likeness (QED) is 0.802. The number of hydrogen-bond acceptors (Lipinski definition) is 3. The Bertz CT molecular complexity index is 574. The molecule has 5 heteroatoms. The van der Waals surface area contributed by atoms with Gasteiger partial charge in [-0.15, -0.1) is 0 Å². The number of amides is 2. The van der Waals surface area contributed by atoms with Crippen LogP contribution in [0.3, 0.4) is 0 Å². The van der Waals surface area contributed by atoms with E-state index in [9.17, 15) is 4.79 Å². The van der Waals surface area contributed by atoms with Gasteiger partial charge in [0.15, 0.2) is 11.5 Å². The minimum absolute atomic E-state index is 0.0231. The van der Waals surface area contributed by atoms with Crippen LogP contribution in [0.2, 0.25) is 0 Å². The summed E-state index contributed by atoms with van der Waals surface area (Å²) in [6, 6.07) is 5.91. The molecule has 1 heterocycles. The van der Waals surface area contributed by atoms with Crippen molar-refractivity contribution < 1.29 is 14.3 Å². The molecule has 0 aromatic heterocycles. The highest BCUT2D eigenvalue weighted by atomic mass is 16.5. The fourth-order valence-corrected chi connectivity index (χ4v) is 3.24. The first-order chi connectivity index (χ1) is 12.0. The third-order valence-electron chi connectivity index (χ3n) is 4.58. The Morgan fingerprint density at radius 2 is 1.92 bits per heavy atom. The number of benzene rings is 1. The highest BCUT2D eigenvalue weighted by Crippen LogP contribution is 2.33. The fourth-order valence-electron chi connectivity index (χ4n) is 3.24. The molecule has 1 aliphatic heterocycles. The summed E-state index contributed by atoms with van der Waals surface area (Å²) in [5, 5.41) is 3.21. The van der Waals surface area contributed by atoms with E-state index in [0.29, 0.717) is 19.1 Å². The van der Waals surface area contributed by atoms with E-state index in [2.05, 4.69) is 26.1 Å². The molecule has 1 aromatic carbocycles. The molecule has 0 spiro atoms. The van der Waals surface area contributed by atoms with Crippen LogP contribution in [-0.2, 0) is 0 Å². The van der Waals surface area contributed by atoms with Crippen LogP contribution in [0.15, 0.2) is 18.2 Å². The van der Waals surface area contributed by atoms with Crippen LogP contribution in [0.1, 0.15) is 52.6 Å². The van der Waals surface area contributed by atoms with Crippen LogP contribution in [0.25, 0.3) is 0 Å². The number of nitrogens with zero attached hydrogens (tertiary/aromatic N) is 1. The standard InChI is InChI=1S/C20H32N2O3/c1-6-24-17-9-8-16(12-18(17)25-7-2)19(14(3)4)21-20(23)22-11-10-15(5)13-22/h8-9,12,14-15,19H,6-7,10-11,13H2,1-5H3,(H,21,23). The molecule has 1 N–H and O–H groups in total. The molecule has 1 aliphatic rings. The molecule has 1 fully saturated rings. The van der Waals surface area contributed by atoms with Crippen molar-refractivity contribution in [3.8, 4) is 11.5 Å². The Balaban J connectivity index is 2.18. The van der Waals surface area contributed by atoms with E-state index >= 15 is 0 Å².